The van der Waals surface area contributed by atoms with Gasteiger partial charge < -0.3 is 14.4 Å². The maximum atomic E-state index is 12.4. The summed E-state index contributed by atoms with van der Waals surface area (Å²) >= 11 is 1.65. The summed E-state index contributed by atoms with van der Waals surface area (Å²) in [6, 6.07) is 18.0. The van der Waals surface area contributed by atoms with E-state index in [0.717, 1.165) is 28.0 Å². The van der Waals surface area contributed by atoms with Crippen molar-refractivity contribution in [3.8, 4) is 16.9 Å². The summed E-state index contributed by atoms with van der Waals surface area (Å²) in [6.45, 7) is 0.499. The van der Waals surface area contributed by atoms with E-state index in [1.54, 1.807) is 23.3 Å². The van der Waals surface area contributed by atoms with Gasteiger partial charge in [0.25, 0.3) is 0 Å². The number of carbonyl (C=O) groups excluding carboxylic acids is 1. The van der Waals surface area contributed by atoms with Gasteiger partial charge >= 0.3 is 6.09 Å². The van der Waals surface area contributed by atoms with Crippen molar-refractivity contribution in [1.29, 1.82) is 0 Å². The second-order valence-corrected chi connectivity index (χ2v) is 7.06. The van der Waals surface area contributed by atoms with Crippen LogP contribution in [0.25, 0.3) is 11.1 Å². The molecule has 132 valence electrons. The molecular formula is C21H19NO3S. The summed E-state index contributed by atoms with van der Waals surface area (Å²) in [5.74, 6) is 0.814. The Morgan fingerprint density at radius 3 is 2.81 bits per heavy atom. The second kappa shape index (κ2) is 7.22. The Labute approximate surface area is 156 Å². The number of carbonyl (C=O) groups is 1. The van der Waals surface area contributed by atoms with Crippen LogP contribution in [-0.2, 0) is 17.7 Å². The Kier molecular flexibility index (Phi) is 4.63. The molecule has 0 saturated heterocycles. The number of benzene rings is 2. The number of rotatable bonds is 4. The summed E-state index contributed by atoms with van der Waals surface area (Å²) in [6.07, 6.45) is -0.405. The molecule has 26 heavy (non-hydrogen) atoms. The number of hydrogen-bond acceptors (Lipinski definition) is 4. The smallest absolute Gasteiger partial charge is 0.412 e. The van der Waals surface area contributed by atoms with Gasteiger partial charge in [-0.3, -0.25) is 0 Å². The standard InChI is InChI=1S/C21H19NO3S/c1-22(13-15-6-3-2-4-7-15)21(23)25-19-12-16-8-5-9-18(20(16)24-19)17-10-11-26-14-17/h2-11,14,19H,12-13H2,1H3. The van der Waals surface area contributed by atoms with Crippen LogP contribution in [-0.4, -0.2) is 24.3 Å². The summed E-state index contributed by atoms with van der Waals surface area (Å²) in [7, 11) is 1.73. The predicted molar refractivity (Wildman–Crippen MR) is 102 cm³/mol. The molecule has 1 atom stereocenters. The Balaban J connectivity index is 1.42. The van der Waals surface area contributed by atoms with E-state index >= 15 is 0 Å². The molecule has 2 aromatic carbocycles. The molecule has 2 heterocycles. The minimum Gasteiger partial charge on any atom is -0.453 e. The molecule has 0 N–H and O–H groups in total. The Morgan fingerprint density at radius 2 is 2.04 bits per heavy atom. The molecule has 1 unspecified atom stereocenters. The van der Waals surface area contributed by atoms with Crippen molar-refractivity contribution in [3.63, 3.8) is 0 Å². The highest BCUT2D eigenvalue weighted by molar-refractivity contribution is 7.08. The molecule has 3 aromatic rings. The highest BCUT2D eigenvalue weighted by Crippen LogP contribution is 2.39. The van der Waals surface area contributed by atoms with E-state index in [4.69, 9.17) is 9.47 Å². The molecule has 0 saturated carbocycles. The van der Waals surface area contributed by atoms with E-state index in [1.165, 1.54) is 0 Å². The molecule has 0 radical (unpaired) electrons. The predicted octanol–water partition coefficient (Wildman–Crippen LogP) is 4.94. The average Bonchev–Trinajstić information content (AvgIpc) is 3.31. The number of para-hydroxylation sites is 1. The molecule has 0 fully saturated rings. The van der Waals surface area contributed by atoms with Gasteiger partial charge in [0.05, 0.1) is 6.42 Å². The second-order valence-electron chi connectivity index (χ2n) is 6.28. The lowest BCUT2D eigenvalue weighted by Gasteiger charge is -2.20. The topological polar surface area (TPSA) is 38.8 Å². The van der Waals surface area contributed by atoms with E-state index in [9.17, 15) is 4.79 Å². The fraction of sp³-hybridized carbons (Fsp3) is 0.190. The first-order valence-corrected chi connectivity index (χ1v) is 9.42. The van der Waals surface area contributed by atoms with Gasteiger partial charge in [-0.15, -0.1) is 0 Å². The first kappa shape index (κ1) is 16.7. The zero-order valence-electron chi connectivity index (χ0n) is 14.4. The molecule has 5 heteroatoms. The quantitative estimate of drug-likeness (QED) is 0.657. The molecule has 4 rings (SSSR count). The Morgan fingerprint density at radius 1 is 1.19 bits per heavy atom. The van der Waals surface area contributed by atoms with Crippen LogP contribution in [0.4, 0.5) is 4.79 Å². The van der Waals surface area contributed by atoms with E-state index in [1.807, 2.05) is 53.9 Å². The van der Waals surface area contributed by atoms with Gasteiger partial charge in [0.1, 0.15) is 5.75 Å². The van der Waals surface area contributed by atoms with E-state index in [-0.39, 0.29) is 6.09 Å². The lowest BCUT2D eigenvalue weighted by Crippen LogP contribution is -2.32. The molecule has 0 bridgehead atoms. The molecule has 1 aliphatic rings. The number of thiophene rings is 1. The van der Waals surface area contributed by atoms with Crippen LogP contribution in [0.2, 0.25) is 0 Å². The van der Waals surface area contributed by atoms with E-state index < -0.39 is 6.29 Å². The Hall–Kier alpha value is -2.79. The zero-order valence-corrected chi connectivity index (χ0v) is 15.2. The average molecular weight is 365 g/mol. The first-order chi connectivity index (χ1) is 12.7. The summed E-state index contributed by atoms with van der Waals surface area (Å²) in [4.78, 5) is 14.0. The molecule has 1 aliphatic heterocycles. The molecule has 1 aromatic heterocycles. The fourth-order valence-electron chi connectivity index (χ4n) is 3.07. The minimum absolute atomic E-state index is 0.385. The van der Waals surface area contributed by atoms with Crippen molar-refractivity contribution in [2.24, 2.45) is 0 Å². The van der Waals surface area contributed by atoms with Crippen molar-refractivity contribution in [2.45, 2.75) is 19.3 Å². The van der Waals surface area contributed by atoms with Crippen molar-refractivity contribution >= 4 is 17.4 Å². The molecule has 0 aliphatic carbocycles. The van der Waals surface area contributed by atoms with Gasteiger partial charge in [-0.25, -0.2) is 4.79 Å². The van der Waals surface area contributed by atoms with Gasteiger partial charge in [0.15, 0.2) is 0 Å². The SMILES string of the molecule is CN(Cc1ccccc1)C(=O)OC1Cc2cccc(-c3ccsc3)c2O1. The molecule has 0 spiro atoms. The number of nitrogens with zero attached hydrogens (tertiary/aromatic N) is 1. The third-order valence-electron chi connectivity index (χ3n) is 4.37. The normalized spacial score (nSPS) is 15.2. The third-order valence-corrected chi connectivity index (χ3v) is 5.05. The Bertz CT molecular complexity index is 893. The monoisotopic (exact) mass is 365 g/mol. The number of amides is 1. The summed E-state index contributed by atoms with van der Waals surface area (Å²) < 4.78 is 11.5. The maximum absolute atomic E-state index is 12.4. The van der Waals surface area contributed by atoms with Gasteiger partial charge in [0.2, 0.25) is 6.29 Å². The van der Waals surface area contributed by atoms with Crippen LogP contribution in [0, 0.1) is 0 Å². The lowest BCUT2D eigenvalue weighted by atomic mass is 10.0. The number of fused-ring (bicyclic) bond motifs is 1. The van der Waals surface area contributed by atoms with Gasteiger partial charge in [-0.2, -0.15) is 11.3 Å². The molecule has 4 nitrogen and oxygen atoms in total. The van der Waals surface area contributed by atoms with Crippen molar-refractivity contribution in [3.05, 3.63) is 76.5 Å². The van der Waals surface area contributed by atoms with Crippen LogP contribution in [0.3, 0.4) is 0 Å². The van der Waals surface area contributed by atoms with E-state index in [2.05, 4.69) is 11.4 Å². The van der Waals surface area contributed by atoms with Gasteiger partial charge in [-0.1, -0.05) is 48.5 Å². The van der Waals surface area contributed by atoms with Crippen LogP contribution in [0.5, 0.6) is 5.75 Å². The summed E-state index contributed by atoms with van der Waals surface area (Å²) in [5, 5.41) is 4.13. The first-order valence-electron chi connectivity index (χ1n) is 8.47. The van der Waals surface area contributed by atoms with Crippen LogP contribution in [0.15, 0.2) is 65.4 Å². The van der Waals surface area contributed by atoms with Crippen molar-refractivity contribution < 1.29 is 14.3 Å². The van der Waals surface area contributed by atoms with Crippen LogP contribution >= 0.6 is 11.3 Å². The van der Waals surface area contributed by atoms with E-state index in [0.29, 0.717) is 13.0 Å². The highest BCUT2D eigenvalue weighted by atomic mass is 32.1. The van der Waals surface area contributed by atoms with Crippen LogP contribution in [0.1, 0.15) is 11.1 Å². The molecule has 1 amide bonds. The van der Waals surface area contributed by atoms with Crippen molar-refractivity contribution in [2.75, 3.05) is 7.05 Å². The van der Waals surface area contributed by atoms with Gasteiger partial charge in [-0.05, 0) is 28.0 Å². The van der Waals surface area contributed by atoms with Crippen LogP contribution < -0.4 is 4.74 Å². The maximum Gasteiger partial charge on any atom is 0.412 e. The highest BCUT2D eigenvalue weighted by Gasteiger charge is 2.29. The minimum atomic E-state index is -0.587. The van der Waals surface area contributed by atoms with Gasteiger partial charge in [0, 0.05) is 24.7 Å². The summed E-state index contributed by atoms with van der Waals surface area (Å²) in [5.41, 5.74) is 4.29. The van der Waals surface area contributed by atoms with Crippen molar-refractivity contribution in [1.82, 2.24) is 4.90 Å². The zero-order chi connectivity index (χ0) is 17.9. The fourth-order valence-corrected chi connectivity index (χ4v) is 3.73. The number of ether oxygens (including phenoxy) is 2. The third kappa shape index (κ3) is 3.44. The lowest BCUT2D eigenvalue weighted by molar-refractivity contribution is -0.0301. The number of hydrogen-bond donors (Lipinski definition) is 0. The largest absolute Gasteiger partial charge is 0.453 e. The molecular weight excluding hydrogens is 346 g/mol.